The molecule has 5 heteroatoms. The molecule has 1 aromatic rings. The number of hydrogen-bond donors (Lipinski definition) is 1. The molecule has 15 heavy (non-hydrogen) atoms. The van der Waals surface area contributed by atoms with Gasteiger partial charge in [0.15, 0.2) is 0 Å². The highest BCUT2D eigenvalue weighted by atomic mass is 35.7. The number of hydrogen-bond acceptors (Lipinski definition) is 2. The lowest BCUT2D eigenvalue weighted by atomic mass is 10.0. The molecule has 0 heterocycles. The lowest BCUT2D eigenvalue weighted by molar-refractivity contribution is 0.501. The molecule has 0 aliphatic carbocycles. The van der Waals surface area contributed by atoms with Crippen LogP contribution in [-0.4, -0.2) is 13.0 Å². The first-order chi connectivity index (χ1) is 6.88. The van der Waals surface area contributed by atoms with E-state index in [4.69, 9.17) is 13.0 Å². The van der Waals surface area contributed by atoms with Gasteiger partial charge in [-0.05, 0) is 24.0 Å². The molecule has 0 saturated carbocycles. The zero-order valence-electron chi connectivity index (χ0n) is 8.77. The summed E-state index contributed by atoms with van der Waals surface area (Å²) in [4.78, 5) is 0. The molecular weight excluding hydrogens is 236 g/mol. The van der Waals surface area contributed by atoms with Gasteiger partial charge in [-0.1, -0.05) is 38.1 Å². The van der Waals surface area contributed by atoms with E-state index in [2.05, 4.69) is 48.8 Å². The first-order valence-electron chi connectivity index (χ1n) is 4.62. The molecule has 0 unspecified atom stereocenters. The highest BCUT2D eigenvalue weighted by Gasteiger charge is 1.93. The minimum Gasteiger partial charge on any atom is -0.273 e. The summed E-state index contributed by atoms with van der Waals surface area (Å²) in [6.07, 6.45) is 2.31. The zero-order chi connectivity index (χ0) is 11.9. The number of rotatable bonds is 2. The van der Waals surface area contributed by atoms with Crippen molar-refractivity contribution in [1.82, 2.24) is 0 Å². The zero-order valence-corrected chi connectivity index (χ0v) is 10.3. The molecule has 1 N–H and O–H groups in total. The van der Waals surface area contributed by atoms with Crippen LogP contribution in [0.25, 0.3) is 0 Å². The van der Waals surface area contributed by atoms with Crippen molar-refractivity contribution in [2.24, 2.45) is 0 Å². The summed E-state index contributed by atoms with van der Waals surface area (Å²) < 4.78 is 25.2. The summed E-state index contributed by atoms with van der Waals surface area (Å²) in [6, 6.07) is 8.63. The van der Waals surface area contributed by atoms with E-state index in [9.17, 15) is 0 Å². The Hall–Kier alpha value is -0.580. The largest absolute Gasteiger partial charge is 0.353 e. The molecular formula is C10H15ClO3S. The lowest BCUT2D eigenvalue weighted by Gasteiger charge is -2.02. The van der Waals surface area contributed by atoms with E-state index in [-0.39, 0.29) is 0 Å². The van der Waals surface area contributed by atoms with Gasteiger partial charge in [0.1, 0.15) is 0 Å². The summed E-state index contributed by atoms with van der Waals surface area (Å²) in [5.74, 6) is 0. The van der Waals surface area contributed by atoms with Crippen LogP contribution in [-0.2, 0) is 22.2 Å². The van der Waals surface area contributed by atoms with E-state index in [0.29, 0.717) is 0 Å². The molecule has 0 fully saturated rings. The molecule has 1 rings (SSSR count). The second-order valence-electron chi connectivity index (χ2n) is 2.89. The normalized spacial score (nSPS) is 10.4. The molecule has 86 valence electrons. The number of aryl methyl sites for hydroxylation is 2. The maximum atomic E-state index is 8.95. The third kappa shape index (κ3) is 8.42. The monoisotopic (exact) mass is 250 g/mol. The third-order valence-corrected chi connectivity index (χ3v) is 1.88. The molecule has 0 amide bonds. The Kier molecular flexibility index (Phi) is 6.56. The summed E-state index contributed by atoms with van der Waals surface area (Å²) >= 11 is 0. The number of benzene rings is 1. The summed E-state index contributed by atoms with van der Waals surface area (Å²) in [7, 11) is -0.137. The van der Waals surface area contributed by atoms with Crippen LogP contribution in [0.1, 0.15) is 25.0 Å². The van der Waals surface area contributed by atoms with Crippen LogP contribution in [0.4, 0.5) is 0 Å². The molecule has 0 atom stereocenters. The van der Waals surface area contributed by atoms with Crippen molar-refractivity contribution in [3.63, 3.8) is 0 Å². The van der Waals surface area contributed by atoms with Crippen molar-refractivity contribution < 1.29 is 13.0 Å². The van der Waals surface area contributed by atoms with Crippen molar-refractivity contribution in [3.8, 4) is 0 Å². The van der Waals surface area contributed by atoms with Crippen LogP contribution in [0.5, 0.6) is 0 Å². The van der Waals surface area contributed by atoms with Gasteiger partial charge >= 0.3 is 9.33 Å². The predicted molar refractivity (Wildman–Crippen MR) is 62.6 cm³/mol. The minimum absolute atomic E-state index is 1.16. The lowest BCUT2D eigenvalue weighted by Crippen LogP contribution is -1.88. The van der Waals surface area contributed by atoms with Crippen LogP contribution >= 0.6 is 10.7 Å². The second kappa shape index (κ2) is 6.82. The van der Waals surface area contributed by atoms with Crippen molar-refractivity contribution >= 4 is 20.0 Å². The van der Waals surface area contributed by atoms with E-state index in [1.807, 2.05) is 0 Å². The van der Waals surface area contributed by atoms with Crippen LogP contribution in [0.15, 0.2) is 24.3 Å². The Morgan fingerprint density at radius 3 is 1.60 bits per heavy atom. The van der Waals surface area contributed by atoms with Gasteiger partial charge in [0, 0.05) is 10.7 Å². The predicted octanol–water partition coefficient (Wildman–Crippen LogP) is 2.84. The minimum atomic E-state index is -4.19. The Morgan fingerprint density at radius 1 is 1.13 bits per heavy atom. The number of halogens is 1. The van der Waals surface area contributed by atoms with Crippen LogP contribution < -0.4 is 0 Å². The second-order valence-corrected chi connectivity index (χ2v) is 4.88. The molecule has 0 spiro atoms. The van der Waals surface area contributed by atoms with E-state index in [0.717, 1.165) is 12.8 Å². The highest BCUT2D eigenvalue weighted by molar-refractivity contribution is 8.09. The molecule has 0 aliphatic heterocycles. The summed E-state index contributed by atoms with van der Waals surface area (Å²) in [6.45, 7) is 4.41. The molecule has 0 saturated heterocycles. The van der Waals surface area contributed by atoms with E-state index in [1.165, 1.54) is 11.1 Å². The summed E-state index contributed by atoms with van der Waals surface area (Å²) in [5, 5.41) is 0. The van der Waals surface area contributed by atoms with Gasteiger partial charge in [-0.3, -0.25) is 4.55 Å². The first-order valence-corrected chi connectivity index (χ1v) is 6.89. The Morgan fingerprint density at radius 2 is 1.40 bits per heavy atom. The van der Waals surface area contributed by atoms with Crippen molar-refractivity contribution in [2.75, 3.05) is 0 Å². The SMILES string of the molecule is CCc1ccccc1CC.O=S(=O)(O)Cl. The van der Waals surface area contributed by atoms with Crippen LogP contribution in [0.2, 0.25) is 0 Å². The Labute approximate surface area is 95.3 Å². The maximum absolute atomic E-state index is 8.95. The average molecular weight is 251 g/mol. The standard InChI is InChI=1S/C10H14.ClHO3S/c1-3-9-7-5-6-8-10(9)4-2;1-5(2,3)4/h5-8H,3-4H2,1-2H3;(H,2,3,4). The Bertz CT molecular complexity index is 356. The molecule has 0 radical (unpaired) electrons. The topological polar surface area (TPSA) is 54.4 Å². The van der Waals surface area contributed by atoms with Gasteiger partial charge in [-0.15, -0.1) is 0 Å². The first kappa shape index (κ1) is 14.4. The van der Waals surface area contributed by atoms with Gasteiger partial charge in [0.05, 0.1) is 0 Å². The summed E-state index contributed by atoms with van der Waals surface area (Å²) in [5.41, 5.74) is 2.98. The van der Waals surface area contributed by atoms with Crippen molar-refractivity contribution in [3.05, 3.63) is 35.4 Å². The third-order valence-electron chi connectivity index (χ3n) is 1.88. The smallest absolute Gasteiger partial charge is 0.273 e. The van der Waals surface area contributed by atoms with E-state index < -0.39 is 9.33 Å². The molecule has 3 nitrogen and oxygen atoms in total. The molecule has 0 aliphatic rings. The molecule has 1 aromatic carbocycles. The maximum Gasteiger partial charge on any atom is 0.353 e. The highest BCUT2D eigenvalue weighted by Crippen LogP contribution is 2.08. The van der Waals surface area contributed by atoms with Crippen molar-refractivity contribution in [2.45, 2.75) is 26.7 Å². The molecule has 0 aromatic heterocycles. The quantitative estimate of drug-likeness (QED) is 0.649. The van der Waals surface area contributed by atoms with Gasteiger partial charge in [0.25, 0.3) is 0 Å². The fourth-order valence-electron chi connectivity index (χ4n) is 1.25. The van der Waals surface area contributed by atoms with Crippen molar-refractivity contribution in [1.29, 1.82) is 0 Å². The van der Waals surface area contributed by atoms with Crippen LogP contribution in [0.3, 0.4) is 0 Å². The van der Waals surface area contributed by atoms with Gasteiger partial charge in [-0.2, -0.15) is 8.42 Å². The fraction of sp³-hybridized carbons (Fsp3) is 0.400. The van der Waals surface area contributed by atoms with E-state index in [1.54, 1.807) is 0 Å². The molecule has 0 bridgehead atoms. The van der Waals surface area contributed by atoms with Gasteiger partial charge in [0.2, 0.25) is 0 Å². The van der Waals surface area contributed by atoms with E-state index >= 15 is 0 Å². The van der Waals surface area contributed by atoms with Gasteiger partial charge < -0.3 is 0 Å². The average Bonchev–Trinajstić information content (AvgIpc) is 2.15. The fourth-order valence-corrected chi connectivity index (χ4v) is 1.25. The Balaban J connectivity index is 0.000000336. The van der Waals surface area contributed by atoms with Crippen LogP contribution in [0, 0.1) is 0 Å². The van der Waals surface area contributed by atoms with Gasteiger partial charge in [-0.25, -0.2) is 0 Å².